The Hall–Kier alpha value is -1.55. The summed E-state index contributed by atoms with van der Waals surface area (Å²) >= 11 is 0. The van der Waals surface area contributed by atoms with Crippen LogP contribution in [-0.2, 0) is 0 Å². The highest BCUT2D eigenvalue weighted by Crippen LogP contribution is 2.20. The van der Waals surface area contributed by atoms with Crippen LogP contribution in [0.1, 0.15) is 35.7 Å². The number of phenolic OH excluding ortho intramolecular Hbond substituents is 1. The van der Waals surface area contributed by atoms with Gasteiger partial charge in [0.25, 0.3) is 5.91 Å². The summed E-state index contributed by atoms with van der Waals surface area (Å²) in [6, 6.07) is 5.33. The van der Waals surface area contributed by atoms with Crippen LogP contribution < -0.4 is 5.32 Å². The summed E-state index contributed by atoms with van der Waals surface area (Å²) in [5.41, 5.74) is 1.39. The van der Waals surface area contributed by atoms with E-state index in [1.165, 1.54) is 0 Å². The molecule has 1 fully saturated rings. The second kappa shape index (κ2) is 6.06. The summed E-state index contributed by atoms with van der Waals surface area (Å²) in [5, 5.41) is 12.9. The summed E-state index contributed by atoms with van der Waals surface area (Å²) in [6.45, 7) is 6.45. The van der Waals surface area contributed by atoms with Gasteiger partial charge in [-0.3, -0.25) is 4.79 Å². The van der Waals surface area contributed by atoms with Crippen molar-refractivity contribution < 1.29 is 9.90 Å². The number of phenols is 1. The number of rotatable bonds is 3. The smallest absolute Gasteiger partial charge is 0.254 e. The molecule has 0 spiro atoms. The van der Waals surface area contributed by atoms with Gasteiger partial charge in [0.15, 0.2) is 0 Å². The maximum Gasteiger partial charge on any atom is 0.254 e. The number of benzene rings is 1. The topological polar surface area (TPSA) is 52.6 Å². The number of aromatic hydroxyl groups is 1. The summed E-state index contributed by atoms with van der Waals surface area (Å²) in [4.78, 5) is 14.5. The highest BCUT2D eigenvalue weighted by atomic mass is 16.3. The number of carbonyl (C=O) groups is 1. The van der Waals surface area contributed by atoms with Gasteiger partial charge in [-0.15, -0.1) is 0 Å². The summed E-state index contributed by atoms with van der Waals surface area (Å²) in [6.07, 6.45) is 2.17. The Balaban J connectivity index is 2.17. The normalized spacial score (nSPS) is 19.2. The number of carbonyl (C=O) groups excluding carboxylic acids is 1. The molecule has 1 aliphatic rings. The molecule has 1 unspecified atom stereocenters. The third-order valence-corrected chi connectivity index (χ3v) is 3.76. The lowest BCUT2D eigenvalue weighted by molar-refractivity contribution is 0.0662. The third-order valence-electron chi connectivity index (χ3n) is 3.76. The standard InChI is InChI=1S/C15H22N2O2/c1-3-17(13-5-4-8-16-10-13)15(19)12-6-7-14(18)11(2)9-12/h6-7,9,13,16,18H,3-5,8,10H2,1-2H3. The van der Waals surface area contributed by atoms with Gasteiger partial charge in [-0.25, -0.2) is 0 Å². The van der Waals surface area contributed by atoms with Crippen LogP contribution in [0.3, 0.4) is 0 Å². The molecule has 104 valence electrons. The van der Waals surface area contributed by atoms with Gasteiger partial charge in [0.05, 0.1) is 0 Å². The zero-order valence-corrected chi connectivity index (χ0v) is 11.6. The summed E-state index contributed by atoms with van der Waals surface area (Å²) in [7, 11) is 0. The number of amides is 1. The molecule has 1 atom stereocenters. The number of piperidine rings is 1. The number of nitrogens with one attached hydrogen (secondary N) is 1. The average Bonchev–Trinajstić information content (AvgIpc) is 2.44. The highest BCUT2D eigenvalue weighted by Gasteiger charge is 2.24. The van der Waals surface area contributed by atoms with Crippen LogP contribution in [-0.4, -0.2) is 41.6 Å². The molecule has 0 aliphatic carbocycles. The van der Waals surface area contributed by atoms with E-state index in [-0.39, 0.29) is 17.7 Å². The molecule has 1 aliphatic heterocycles. The van der Waals surface area contributed by atoms with Crippen molar-refractivity contribution in [2.24, 2.45) is 0 Å². The Morgan fingerprint density at radius 3 is 2.89 bits per heavy atom. The molecule has 1 saturated heterocycles. The first-order chi connectivity index (χ1) is 9.13. The van der Waals surface area contributed by atoms with Crippen LogP contribution in [0, 0.1) is 6.92 Å². The Morgan fingerprint density at radius 1 is 1.53 bits per heavy atom. The van der Waals surface area contributed by atoms with Crippen molar-refractivity contribution in [2.75, 3.05) is 19.6 Å². The molecule has 0 bridgehead atoms. The number of hydrogen-bond acceptors (Lipinski definition) is 3. The summed E-state index contributed by atoms with van der Waals surface area (Å²) < 4.78 is 0. The fraction of sp³-hybridized carbons (Fsp3) is 0.533. The maximum absolute atomic E-state index is 12.6. The molecule has 2 N–H and O–H groups in total. The van der Waals surface area contributed by atoms with Crippen LogP contribution in [0.5, 0.6) is 5.75 Å². The lowest BCUT2D eigenvalue weighted by Crippen LogP contribution is -2.48. The van der Waals surface area contributed by atoms with E-state index in [0.717, 1.165) is 31.5 Å². The van der Waals surface area contributed by atoms with Crippen molar-refractivity contribution in [1.82, 2.24) is 10.2 Å². The van der Waals surface area contributed by atoms with Gasteiger partial charge in [0, 0.05) is 24.7 Å². The monoisotopic (exact) mass is 262 g/mol. The molecule has 0 saturated carbocycles. The van der Waals surface area contributed by atoms with E-state index in [1.807, 2.05) is 18.7 Å². The van der Waals surface area contributed by atoms with Crippen LogP contribution in [0.15, 0.2) is 18.2 Å². The molecular weight excluding hydrogens is 240 g/mol. The lowest BCUT2D eigenvalue weighted by atomic mass is 10.0. The van der Waals surface area contributed by atoms with Crippen molar-refractivity contribution in [3.63, 3.8) is 0 Å². The molecule has 19 heavy (non-hydrogen) atoms. The van der Waals surface area contributed by atoms with E-state index < -0.39 is 0 Å². The van der Waals surface area contributed by atoms with Crippen LogP contribution in [0.4, 0.5) is 0 Å². The fourth-order valence-electron chi connectivity index (χ4n) is 2.62. The maximum atomic E-state index is 12.6. The first kappa shape index (κ1) is 13.9. The van der Waals surface area contributed by atoms with Crippen molar-refractivity contribution in [3.8, 4) is 5.75 Å². The second-order valence-electron chi connectivity index (χ2n) is 5.09. The zero-order valence-electron chi connectivity index (χ0n) is 11.6. The van der Waals surface area contributed by atoms with E-state index >= 15 is 0 Å². The Morgan fingerprint density at radius 2 is 2.32 bits per heavy atom. The molecule has 1 heterocycles. The lowest BCUT2D eigenvalue weighted by Gasteiger charge is -2.34. The molecular formula is C15H22N2O2. The fourth-order valence-corrected chi connectivity index (χ4v) is 2.62. The minimum Gasteiger partial charge on any atom is -0.508 e. The summed E-state index contributed by atoms with van der Waals surface area (Å²) in [5.74, 6) is 0.290. The third kappa shape index (κ3) is 3.07. The van der Waals surface area contributed by atoms with Crippen LogP contribution in [0.25, 0.3) is 0 Å². The Kier molecular flexibility index (Phi) is 4.43. The molecule has 4 heteroatoms. The predicted molar refractivity (Wildman–Crippen MR) is 75.4 cm³/mol. The number of aryl methyl sites for hydroxylation is 1. The van der Waals surface area contributed by atoms with Crippen molar-refractivity contribution >= 4 is 5.91 Å². The minimum absolute atomic E-state index is 0.0549. The van der Waals surface area contributed by atoms with Gasteiger partial charge in [-0.1, -0.05) is 0 Å². The minimum atomic E-state index is 0.0549. The zero-order chi connectivity index (χ0) is 13.8. The second-order valence-corrected chi connectivity index (χ2v) is 5.09. The number of likely N-dealkylation sites (N-methyl/N-ethyl adjacent to an activating group) is 1. The molecule has 4 nitrogen and oxygen atoms in total. The van der Waals surface area contributed by atoms with Crippen LogP contribution in [0.2, 0.25) is 0 Å². The van der Waals surface area contributed by atoms with Gasteiger partial charge < -0.3 is 15.3 Å². The van der Waals surface area contributed by atoms with Gasteiger partial charge >= 0.3 is 0 Å². The van der Waals surface area contributed by atoms with Crippen molar-refractivity contribution in [1.29, 1.82) is 0 Å². The van der Waals surface area contributed by atoms with Gasteiger partial charge in [-0.05, 0) is 57.0 Å². The molecule has 1 amide bonds. The van der Waals surface area contributed by atoms with Gasteiger partial charge in [0.1, 0.15) is 5.75 Å². The molecule has 1 aromatic carbocycles. The number of nitrogens with zero attached hydrogens (tertiary/aromatic N) is 1. The van der Waals surface area contributed by atoms with E-state index in [9.17, 15) is 9.90 Å². The van der Waals surface area contributed by atoms with Gasteiger partial charge in [0.2, 0.25) is 0 Å². The molecule has 2 rings (SSSR count). The Labute approximate surface area is 114 Å². The van der Waals surface area contributed by atoms with E-state index in [0.29, 0.717) is 12.1 Å². The predicted octanol–water partition coefficient (Wildman–Crippen LogP) is 1.91. The van der Waals surface area contributed by atoms with E-state index in [2.05, 4.69) is 5.32 Å². The highest BCUT2D eigenvalue weighted by molar-refractivity contribution is 5.94. The largest absolute Gasteiger partial charge is 0.508 e. The van der Waals surface area contributed by atoms with Crippen molar-refractivity contribution in [3.05, 3.63) is 29.3 Å². The Bertz CT molecular complexity index is 453. The molecule has 0 radical (unpaired) electrons. The van der Waals surface area contributed by atoms with Crippen LogP contribution >= 0.6 is 0 Å². The first-order valence-electron chi connectivity index (χ1n) is 6.94. The van der Waals surface area contributed by atoms with Gasteiger partial charge in [-0.2, -0.15) is 0 Å². The SMILES string of the molecule is CCN(C(=O)c1ccc(O)c(C)c1)C1CCCNC1. The first-order valence-corrected chi connectivity index (χ1v) is 6.94. The molecule has 0 aromatic heterocycles. The quantitative estimate of drug-likeness (QED) is 0.875. The van der Waals surface area contributed by atoms with E-state index in [4.69, 9.17) is 0 Å². The number of hydrogen-bond donors (Lipinski definition) is 2. The van der Waals surface area contributed by atoms with Crippen molar-refractivity contribution in [2.45, 2.75) is 32.7 Å². The van der Waals surface area contributed by atoms with E-state index in [1.54, 1.807) is 18.2 Å². The average molecular weight is 262 g/mol. The molecule has 1 aromatic rings.